The van der Waals surface area contributed by atoms with Crippen molar-refractivity contribution >= 4 is 22.4 Å². The van der Waals surface area contributed by atoms with Gasteiger partial charge in [0.05, 0.1) is 25.0 Å². The minimum absolute atomic E-state index is 0.295. The lowest BCUT2D eigenvalue weighted by atomic mass is 10.0. The lowest BCUT2D eigenvalue weighted by Gasteiger charge is -2.12. The molecule has 1 aromatic heterocycles. The summed E-state index contributed by atoms with van der Waals surface area (Å²) in [5.74, 6) is 0.518. The molecule has 0 amide bonds. The quantitative estimate of drug-likeness (QED) is 0.885. The molecule has 0 radical (unpaired) electrons. The van der Waals surface area contributed by atoms with Gasteiger partial charge < -0.3 is 19.4 Å². The number of carbonyl (C=O) groups excluding carboxylic acids is 1. The number of carbonyl (C=O) groups is 1. The first-order valence-corrected chi connectivity index (χ1v) is 7.42. The van der Waals surface area contributed by atoms with E-state index >= 15 is 0 Å². The van der Waals surface area contributed by atoms with E-state index in [9.17, 15) is 4.79 Å². The zero-order valence-electron chi connectivity index (χ0n) is 13.1. The van der Waals surface area contributed by atoms with Crippen LogP contribution in [-0.2, 0) is 16.0 Å². The molecule has 0 atom stereocenters. The van der Waals surface area contributed by atoms with E-state index in [4.69, 9.17) is 9.47 Å². The zero-order valence-corrected chi connectivity index (χ0v) is 13.1. The van der Waals surface area contributed by atoms with Crippen LogP contribution in [0.1, 0.15) is 18.2 Å². The number of rotatable bonds is 3. The second kappa shape index (κ2) is 5.75. The molecular formula is C17H20N2O3. The Bertz CT molecular complexity index is 746. The van der Waals surface area contributed by atoms with Crippen molar-refractivity contribution in [3.63, 3.8) is 0 Å². The Morgan fingerprint density at radius 1 is 1.41 bits per heavy atom. The number of hydrogen-bond acceptors (Lipinski definition) is 4. The fourth-order valence-corrected chi connectivity index (χ4v) is 2.84. The monoisotopic (exact) mass is 300 g/mol. The average Bonchev–Trinajstić information content (AvgIpc) is 2.79. The minimum Gasteiger partial charge on any atom is -0.497 e. The van der Waals surface area contributed by atoms with Crippen LogP contribution >= 0.6 is 0 Å². The fraction of sp³-hybridized carbons (Fsp3) is 0.353. The summed E-state index contributed by atoms with van der Waals surface area (Å²) in [6.07, 6.45) is 2.72. The largest absolute Gasteiger partial charge is 0.497 e. The van der Waals surface area contributed by atoms with E-state index in [1.807, 2.05) is 43.3 Å². The van der Waals surface area contributed by atoms with Gasteiger partial charge in [0, 0.05) is 30.7 Å². The van der Waals surface area contributed by atoms with E-state index in [1.54, 1.807) is 7.11 Å². The summed E-state index contributed by atoms with van der Waals surface area (Å²) < 4.78 is 10.5. The van der Waals surface area contributed by atoms with Gasteiger partial charge in [0.25, 0.3) is 0 Å². The summed E-state index contributed by atoms with van der Waals surface area (Å²) in [6, 6.07) is 5.91. The standard InChI is InChI=1S/C17H20N2O3/c1-4-22-17(20)14-10-19(2)8-7-12-13-9-11(21-3)5-6-15(13)18-16(12)14/h5-6,9-10,18H,4,7-8H2,1-3H3. The van der Waals surface area contributed by atoms with Crippen LogP contribution in [0.4, 0.5) is 0 Å². The van der Waals surface area contributed by atoms with Gasteiger partial charge in [-0.3, -0.25) is 0 Å². The van der Waals surface area contributed by atoms with Crippen LogP contribution in [-0.4, -0.2) is 43.2 Å². The smallest absolute Gasteiger partial charge is 0.341 e. The second-order valence-electron chi connectivity index (χ2n) is 5.38. The zero-order chi connectivity index (χ0) is 15.7. The van der Waals surface area contributed by atoms with Gasteiger partial charge in [-0.05, 0) is 37.1 Å². The van der Waals surface area contributed by atoms with Crippen LogP contribution in [0, 0.1) is 0 Å². The van der Waals surface area contributed by atoms with Gasteiger partial charge >= 0.3 is 5.97 Å². The predicted octanol–water partition coefficient (Wildman–Crippen LogP) is 2.57. The topological polar surface area (TPSA) is 54.6 Å². The molecule has 2 aromatic rings. The molecule has 1 aromatic carbocycles. The van der Waals surface area contributed by atoms with Crippen molar-refractivity contribution in [1.82, 2.24) is 9.88 Å². The summed E-state index contributed by atoms with van der Waals surface area (Å²) in [5, 5.41) is 1.10. The highest BCUT2D eigenvalue weighted by Crippen LogP contribution is 2.33. The van der Waals surface area contributed by atoms with E-state index in [0.717, 1.165) is 40.9 Å². The number of H-pyrrole nitrogens is 1. The number of esters is 1. The summed E-state index contributed by atoms with van der Waals surface area (Å²) in [4.78, 5) is 17.7. The number of benzene rings is 1. The molecule has 0 bridgehead atoms. The SMILES string of the molecule is CCOC(=O)C1=CN(C)CCc2c1[nH]c1ccc(OC)cc21. The van der Waals surface area contributed by atoms with Crippen molar-refractivity contribution in [1.29, 1.82) is 0 Å². The molecule has 2 heterocycles. The molecule has 0 saturated heterocycles. The first-order chi connectivity index (χ1) is 10.6. The Morgan fingerprint density at radius 3 is 2.95 bits per heavy atom. The van der Waals surface area contributed by atoms with Gasteiger partial charge in [-0.25, -0.2) is 4.79 Å². The molecule has 0 saturated carbocycles. The van der Waals surface area contributed by atoms with Gasteiger partial charge in [-0.15, -0.1) is 0 Å². The molecule has 1 aliphatic rings. The lowest BCUT2D eigenvalue weighted by molar-refractivity contribution is -0.136. The Hall–Kier alpha value is -2.43. The van der Waals surface area contributed by atoms with E-state index in [1.165, 1.54) is 0 Å². The number of methoxy groups -OCH3 is 1. The number of nitrogens with one attached hydrogen (secondary N) is 1. The molecule has 1 aliphatic heterocycles. The molecule has 0 unspecified atom stereocenters. The molecule has 5 heteroatoms. The van der Waals surface area contributed by atoms with E-state index in [-0.39, 0.29) is 5.97 Å². The van der Waals surface area contributed by atoms with Crippen molar-refractivity contribution in [2.24, 2.45) is 0 Å². The summed E-state index contributed by atoms with van der Waals surface area (Å²) in [6.45, 7) is 3.03. The van der Waals surface area contributed by atoms with Gasteiger partial charge in [-0.1, -0.05) is 0 Å². The van der Waals surface area contributed by atoms with Crippen LogP contribution in [0.5, 0.6) is 5.75 Å². The van der Waals surface area contributed by atoms with Crippen LogP contribution < -0.4 is 4.74 Å². The highest BCUT2D eigenvalue weighted by molar-refractivity contribution is 6.17. The van der Waals surface area contributed by atoms with Crippen LogP contribution in [0.2, 0.25) is 0 Å². The Balaban J connectivity index is 2.17. The second-order valence-corrected chi connectivity index (χ2v) is 5.38. The Labute approximate surface area is 129 Å². The molecule has 0 fully saturated rings. The van der Waals surface area contributed by atoms with Crippen molar-refractivity contribution in [2.75, 3.05) is 27.3 Å². The minimum atomic E-state index is -0.295. The summed E-state index contributed by atoms with van der Waals surface area (Å²) in [7, 11) is 3.62. The van der Waals surface area contributed by atoms with Gasteiger partial charge in [0.2, 0.25) is 0 Å². The highest BCUT2D eigenvalue weighted by atomic mass is 16.5. The summed E-state index contributed by atoms with van der Waals surface area (Å²) >= 11 is 0. The van der Waals surface area contributed by atoms with Crippen molar-refractivity contribution in [3.8, 4) is 5.75 Å². The van der Waals surface area contributed by atoms with Gasteiger partial charge in [0.15, 0.2) is 0 Å². The molecule has 3 rings (SSSR count). The van der Waals surface area contributed by atoms with Gasteiger partial charge in [0.1, 0.15) is 5.75 Å². The molecule has 5 nitrogen and oxygen atoms in total. The van der Waals surface area contributed by atoms with Crippen molar-refractivity contribution < 1.29 is 14.3 Å². The van der Waals surface area contributed by atoms with E-state index in [2.05, 4.69) is 4.98 Å². The maximum absolute atomic E-state index is 12.3. The third-order valence-electron chi connectivity index (χ3n) is 3.94. The third-order valence-corrected chi connectivity index (χ3v) is 3.94. The molecule has 0 aliphatic carbocycles. The number of hydrogen-bond donors (Lipinski definition) is 1. The Kier molecular flexibility index (Phi) is 3.79. The summed E-state index contributed by atoms with van der Waals surface area (Å²) in [5.41, 5.74) is 3.57. The first-order valence-electron chi connectivity index (χ1n) is 7.42. The average molecular weight is 300 g/mol. The van der Waals surface area contributed by atoms with E-state index in [0.29, 0.717) is 12.2 Å². The lowest BCUT2D eigenvalue weighted by Crippen LogP contribution is -2.14. The Morgan fingerprint density at radius 2 is 2.23 bits per heavy atom. The highest BCUT2D eigenvalue weighted by Gasteiger charge is 2.24. The molecule has 0 spiro atoms. The normalized spacial score (nSPS) is 14.3. The van der Waals surface area contributed by atoms with Crippen LogP contribution in [0.15, 0.2) is 24.4 Å². The molecule has 22 heavy (non-hydrogen) atoms. The van der Waals surface area contributed by atoms with E-state index < -0.39 is 0 Å². The van der Waals surface area contributed by atoms with Crippen LogP contribution in [0.25, 0.3) is 16.5 Å². The van der Waals surface area contributed by atoms with Gasteiger partial charge in [-0.2, -0.15) is 0 Å². The number of nitrogens with zero attached hydrogens (tertiary/aromatic N) is 1. The predicted molar refractivity (Wildman–Crippen MR) is 85.8 cm³/mol. The first kappa shape index (κ1) is 14.5. The number of likely N-dealkylation sites (N-methyl/N-ethyl adjacent to an activating group) is 1. The maximum Gasteiger partial charge on any atom is 0.341 e. The number of fused-ring (bicyclic) bond motifs is 3. The molecule has 116 valence electrons. The number of aromatic nitrogens is 1. The van der Waals surface area contributed by atoms with Crippen molar-refractivity contribution in [3.05, 3.63) is 35.7 Å². The van der Waals surface area contributed by atoms with Crippen LogP contribution in [0.3, 0.4) is 0 Å². The number of ether oxygens (including phenoxy) is 2. The third kappa shape index (κ3) is 2.43. The van der Waals surface area contributed by atoms with Crippen molar-refractivity contribution in [2.45, 2.75) is 13.3 Å². The number of aromatic amines is 1. The molecule has 1 N–H and O–H groups in total. The fourth-order valence-electron chi connectivity index (χ4n) is 2.84. The maximum atomic E-state index is 12.3. The molecular weight excluding hydrogens is 280 g/mol.